The van der Waals surface area contributed by atoms with Gasteiger partial charge in [0, 0.05) is 28.8 Å². The Bertz CT molecular complexity index is 832. The van der Waals surface area contributed by atoms with Crippen molar-refractivity contribution in [3.05, 3.63) is 70.5 Å². The molecule has 0 fully saturated rings. The average molecular weight is 338 g/mol. The van der Waals surface area contributed by atoms with E-state index in [1.807, 2.05) is 36.5 Å². The Morgan fingerprint density at radius 1 is 1.19 bits per heavy atom. The zero-order chi connectivity index (χ0) is 14.7. The largest absolute Gasteiger partial charge is 0.380 e. The molecule has 0 saturated heterocycles. The third-order valence-corrected chi connectivity index (χ3v) is 3.84. The van der Waals surface area contributed by atoms with Gasteiger partial charge in [-0.15, -0.1) is 0 Å². The molecule has 1 heterocycles. The highest BCUT2D eigenvalue weighted by Crippen LogP contribution is 2.23. The summed E-state index contributed by atoms with van der Waals surface area (Å²) in [6.07, 6.45) is 3.66. The Balaban J connectivity index is 1.91. The molecule has 1 N–H and O–H groups in total. The number of fused-ring (bicyclic) bond motifs is 1. The third-order valence-electron chi connectivity index (χ3n) is 3.34. The molecule has 0 radical (unpaired) electrons. The van der Waals surface area contributed by atoms with Crippen molar-refractivity contribution in [2.75, 3.05) is 5.32 Å². The van der Waals surface area contributed by atoms with Crippen molar-refractivity contribution >= 4 is 32.4 Å². The van der Waals surface area contributed by atoms with Crippen LogP contribution in [0.2, 0.25) is 0 Å². The van der Waals surface area contributed by atoms with E-state index in [-0.39, 0.29) is 0 Å². The van der Waals surface area contributed by atoms with Gasteiger partial charge in [0.2, 0.25) is 0 Å². The van der Waals surface area contributed by atoms with Crippen molar-refractivity contribution in [2.24, 2.45) is 0 Å². The van der Waals surface area contributed by atoms with Crippen LogP contribution in [0.3, 0.4) is 0 Å². The molecule has 0 aliphatic rings. The molecule has 0 saturated carbocycles. The van der Waals surface area contributed by atoms with Crippen LogP contribution in [-0.4, -0.2) is 4.98 Å². The lowest BCUT2D eigenvalue weighted by molar-refractivity contribution is 1.16. The van der Waals surface area contributed by atoms with E-state index in [1.54, 1.807) is 12.3 Å². The summed E-state index contributed by atoms with van der Waals surface area (Å²) in [6, 6.07) is 16.0. The smallest absolute Gasteiger partial charge is 0.101 e. The van der Waals surface area contributed by atoms with Crippen LogP contribution in [-0.2, 0) is 6.54 Å². The molecule has 102 valence electrons. The number of rotatable bonds is 3. The highest BCUT2D eigenvalue weighted by Gasteiger charge is 2.04. The van der Waals surface area contributed by atoms with E-state index < -0.39 is 0 Å². The first-order chi connectivity index (χ1) is 10.3. The lowest BCUT2D eigenvalue weighted by Crippen LogP contribution is -2.02. The number of aromatic nitrogens is 1. The number of pyridine rings is 1. The van der Waals surface area contributed by atoms with E-state index in [4.69, 9.17) is 5.26 Å². The van der Waals surface area contributed by atoms with Gasteiger partial charge in [-0.25, -0.2) is 0 Å². The lowest BCUT2D eigenvalue weighted by atomic mass is 10.1. The summed E-state index contributed by atoms with van der Waals surface area (Å²) in [7, 11) is 0. The number of anilines is 1. The van der Waals surface area contributed by atoms with Crippen LogP contribution in [0.1, 0.15) is 11.1 Å². The van der Waals surface area contributed by atoms with Crippen molar-refractivity contribution in [2.45, 2.75) is 6.54 Å². The summed E-state index contributed by atoms with van der Waals surface area (Å²) < 4.78 is 0.950. The van der Waals surface area contributed by atoms with E-state index in [2.05, 4.69) is 38.4 Å². The van der Waals surface area contributed by atoms with Gasteiger partial charge >= 0.3 is 0 Å². The van der Waals surface area contributed by atoms with Crippen LogP contribution in [0.4, 0.5) is 5.69 Å². The first kappa shape index (κ1) is 13.6. The SMILES string of the molecule is N#Cc1ccc(Br)cc1NCc1cccc2cnccc12. The Morgan fingerprint density at radius 2 is 2.10 bits per heavy atom. The summed E-state index contributed by atoms with van der Waals surface area (Å²) in [6.45, 7) is 0.659. The molecule has 0 aliphatic heterocycles. The molecule has 4 heteroatoms. The van der Waals surface area contributed by atoms with Crippen molar-refractivity contribution < 1.29 is 0 Å². The zero-order valence-corrected chi connectivity index (χ0v) is 12.8. The van der Waals surface area contributed by atoms with Gasteiger partial charge in [0.05, 0.1) is 11.3 Å². The van der Waals surface area contributed by atoms with Crippen molar-refractivity contribution in [1.82, 2.24) is 4.98 Å². The summed E-state index contributed by atoms with van der Waals surface area (Å²) in [5.74, 6) is 0. The van der Waals surface area contributed by atoms with Crippen LogP contribution in [0.15, 0.2) is 59.3 Å². The molecule has 0 aliphatic carbocycles. The van der Waals surface area contributed by atoms with E-state index in [0.29, 0.717) is 12.1 Å². The molecule has 0 atom stereocenters. The van der Waals surface area contributed by atoms with Crippen LogP contribution >= 0.6 is 15.9 Å². The topological polar surface area (TPSA) is 48.7 Å². The van der Waals surface area contributed by atoms with E-state index in [0.717, 1.165) is 15.5 Å². The molecule has 2 aromatic carbocycles. The Morgan fingerprint density at radius 3 is 2.95 bits per heavy atom. The second-order valence-electron chi connectivity index (χ2n) is 4.67. The zero-order valence-electron chi connectivity index (χ0n) is 11.2. The van der Waals surface area contributed by atoms with Gasteiger partial charge in [-0.2, -0.15) is 5.26 Å². The minimum absolute atomic E-state index is 0.639. The van der Waals surface area contributed by atoms with Gasteiger partial charge in [0.15, 0.2) is 0 Å². The molecular weight excluding hydrogens is 326 g/mol. The number of nitrogens with one attached hydrogen (secondary N) is 1. The van der Waals surface area contributed by atoms with Gasteiger partial charge in [-0.3, -0.25) is 4.98 Å². The highest BCUT2D eigenvalue weighted by atomic mass is 79.9. The maximum atomic E-state index is 9.16. The van der Waals surface area contributed by atoms with E-state index >= 15 is 0 Å². The maximum Gasteiger partial charge on any atom is 0.101 e. The Hall–Kier alpha value is -2.38. The minimum Gasteiger partial charge on any atom is -0.380 e. The predicted octanol–water partition coefficient (Wildman–Crippen LogP) is 4.48. The molecule has 3 rings (SSSR count). The fourth-order valence-electron chi connectivity index (χ4n) is 2.29. The summed E-state index contributed by atoms with van der Waals surface area (Å²) in [4.78, 5) is 4.14. The fourth-order valence-corrected chi connectivity index (χ4v) is 2.66. The number of hydrogen-bond donors (Lipinski definition) is 1. The molecule has 0 amide bonds. The van der Waals surface area contributed by atoms with Gasteiger partial charge in [0.1, 0.15) is 6.07 Å². The quantitative estimate of drug-likeness (QED) is 0.766. The third kappa shape index (κ3) is 2.88. The van der Waals surface area contributed by atoms with Gasteiger partial charge in [0.25, 0.3) is 0 Å². The lowest BCUT2D eigenvalue weighted by Gasteiger charge is -2.11. The fraction of sp³-hybridized carbons (Fsp3) is 0.0588. The minimum atomic E-state index is 0.639. The number of nitriles is 1. The molecule has 3 nitrogen and oxygen atoms in total. The monoisotopic (exact) mass is 337 g/mol. The van der Waals surface area contributed by atoms with Crippen molar-refractivity contribution in [3.8, 4) is 6.07 Å². The first-order valence-electron chi connectivity index (χ1n) is 6.53. The van der Waals surface area contributed by atoms with Gasteiger partial charge in [-0.05, 0) is 35.2 Å². The molecule has 0 unspecified atom stereocenters. The first-order valence-corrected chi connectivity index (χ1v) is 7.32. The average Bonchev–Trinajstić information content (AvgIpc) is 2.53. The van der Waals surface area contributed by atoms with E-state index in [1.165, 1.54) is 10.9 Å². The Labute approximate surface area is 131 Å². The standard InChI is InChI=1S/C17H12BrN3/c18-15-5-4-12(9-19)17(8-15)21-11-14-3-1-2-13-10-20-7-6-16(13)14/h1-8,10,21H,11H2. The normalized spacial score (nSPS) is 10.3. The second-order valence-corrected chi connectivity index (χ2v) is 5.58. The summed E-state index contributed by atoms with van der Waals surface area (Å²) in [5, 5.41) is 14.8. The second kappa shape index (κ2) is 5.94. The molecule has 1 aromatic heterocycles. The summed E-state index contributed by atoms with van der Waals surface area (Å²) >= 11 is 3.43. The van der Waals surface area contributed by atoms with E-state index in [9.17, 15) is 0 Å². The van der Waals surface area contributed by atoms with Crippen molar-refractivity contribution in [1.29, 1.82) is 5.26 Å². The number of halogens is 1. The maximum absolute atomic E-state index is 9.16. The number of hydrogen-bond acceptors (Lipinski definition) is 3. The van der Waals surface area contributed by atoms with Gasteiger partial charge < -0.3 is 5.32 Å². The molecular formula is C17H12BrN3. The van der Waals surface area contributed by atoms with Crippen LogP contribution in [0.25, 0.3) is 10.8 Å². The summed E-state index contributed by atoms with van der Waals surface area (Å²) in [5.41, 5.74) is 2.65. The van der Waals surface area contributed by atoms with Crippen LogP contribution in [0, 0.1) is 11.3 Å². The Kier molecular flexibility index (Phi) is 3.85. The molecule has 0 bridgehead atoms. The molecule has 0 spiro atoms. The van der Waals surface area contributed by atoms with Crippen LogP contribution < -0.4 is 5.32 Å². The predicted molar refractivity (Wildman–Crippen MR) is 87.9 cm³/mol. The van der Waals surface area contributed by atoms with Crippen LogP contribution in [0.5, 0.6) is 0 Å². The molecule has 3 aromatic rings. The van der Waals surface area contributed by atoms with Crippen molar-refractivity contribution in [3.63, 3.8) is 0 Å². The van der Waals surface area contributed by atoms with Gasteiger partial charge in [-0.1, -0.05) is 34.1 Å². The molecule has 21 heavy (non-hydrogen) atoms. The number of nitrogens with zero attached hydrogens (tertiary/aromatic N) is 2. The highest BCUT2D eigenvalue weighted by molar-refractivity contribution is 9.10. The number of benzene rings is 2.